The third-order valence-electron chi connectivity index (χ3n) is 5.31. The van der Waals surface area contributed by atoms with Gasteiger partial charge in [0.15, 0.2) is 11.6 Å². The van der Waals surface area contributed by atoms with Crippen molar-refractivity contribution in [1.82, 2.24) is 10.2 Å². The van der Waals surface area contributed by atoms with Gasteiger partial charge in [0.1, 0.15) is 18.2 Å². The lowest BCUT2D eigenvalue weighted by molar-refractivity contribution is -0.133. The average Bonchev–Trinajstić information content (AvgIpc) is 2.92. The molecule has 0 aromatic heterocycles. The molecule has 3 amide bonds. The lowest BCUT2D eigenvalue weighted by Gasteiger charge is -2.33. The van der Waals surface area contributed by atoms with Crippen molar-refractivity contribution in [2.75, 3.05) is 13.2 Å². The van der Waals surface area contributed by atoms with Crippen molar-refractivity contribution in [1.29, 1.82) is 0 Å². The van der Waals surface area contributed by atoms with Crippen molar-refractivity contribution in [2.24, 2.45) is 0 Å². The first kappa shape index (κ1) is 18.4. The molecule has 6 nitrogen and oxygen atoms in total. The minimum Gasteiger partial charge on any atom is -0.488 e. The largest absolute Gasteiger partial charge is 0.488 e. The Morgan fingerprint density at radius 1 is 1.18 bits per heavy atom. The molecule has 7 heteroatoms. The molecular weight excluding hydrogens is 363 g/mol. The molecule has 0 bridgehead atoms. The van der Waals surface area contributed by atoms with Crippen LogP contribution in [-0.2, 0) is 16.8 Å². The summed E-state index contributed by atoms with van der Waals surface area (Å²) in [6.07, 6.45) is 1.03. The van der Waals surface area contributed by atoms with E-state index in [4.69, 9.17) is 4.74 Å². The van der Waals surface area contributed by atoms with Crippen LogP contribution in [-0.4, -0.2) is 41.2 Å². The van der Waals surface area contributed by atoms with Gasteiger partial charge in [-0.1, -0.05) is 36.4 Å². The number of nitrogens with zero attached hydrogens (tertiary/aromatic N) is 1. The Hall–Kier alpha value is -2.93. The summed E-state index contributed by atoms with van der Waals surface area (Å²) in [7, 11) is 0. The first-order valence-corrected chi connectivity index (χ1v) is 9.29. The Labute approximate surface area is 161 Å². The lowest BCUT2D eigenvalue weighted by atomic mass is 9.76. The van der Waals surface area contributed by atoms with Crippen LogP contribution in [0.1, 0.15) is 24.0 Å². The third kappa shape index (κ3) is 3.11. The number of urea groups is 1. The minimum absolute atomic E-state index is 0.0106. The highest BCUT2D eigenvalue weighted by molar-refractivity contribution is 6.07. The molecule has 0 radical (unpaired) electrons. The summed E-state index contributed by atoms with van der Waals surface area (Å²) in [5, 5.41) is 13.1. The highest BCUT2D eigenvalue weighted by Crippen LogP contribution is 2.39. The van der Waals surface area contributed by atoms with Crippen LogP contribution < -0.4 is 10.1 Å². The molecule has 2 aliphatic rings. The van der Waals surface area contributed by atoms with Gasteiger partial charge in [0, 0.05) is 0 Å². The van der Waals surface area contributed by atoms with Crippen molar-refractivity contribution in [2.45, 2.75) is 30.9 Å². The molecule has 28 heavy (non-hydrogen) atoms. The molecule has 2 atom stereocenters. The Morgan fingerprint density at radius 3 is 2.75 bits per heavy atom. The fourth-order valence-corrected chi connectivity index (χ4v) is 3.99. The second-order valence-electron chi connectivity index (χ2n) is 7.16. The fraction of sp³-hybridized carbons (Fsp3) is 0.333. The van der Waals surface area contributed by atoms with Gasteiger partial charge < -0.3 is 15.2 Å². The summed E-state index contributed by atoms with van der Waals surface area (Å²) in [5.41, 5.74) is 0.796. The number of β-amino-alcohol motifs (C(OH)–C–C–N with tert-alkyl or cyclic N) is 1. The van der Waals surface area contributed by atoms with Crippen LogP contribution in [0.5, 0.6) is 5.75 Å². The Balaban J connectivity index is 1.47. The maximum atomic E-state index is 13.6. The monoisotopic (exact) mass is 384 g/mol. The van der Waals surface area contributed by atoms with Crippen molar-refractivity contribution >= 4 is 11.9 Å². The molecule has 0 saturated carbocycles. The Morgan fingerprint density at radius 2 is 1.93 bits per heavy atom. The van der Waals surface area contributed by atoms with Crippen molar-refractivity contribution < 1.29 is 23.8 Å². The van der Waals surface area contributed by atoms with Crippen LogP contribution in [0.25, 0.3) is 0 Å². The molecule has 1 spiro atoms. The molecule has 4 rings (SSSR count). The van der Waals surface area contributed by atoms with Gasteiger partial charge in [0.25, 0.3) is 5.91 Å². The second kappa shape index (κ2) is 7.24. The van der Waals surface area contributed by atoms with E-state index in [-0.39, 0.29) is 24.8 Å². The molecule has 2 aromatic rings. The Bertz CT molecular complexity index is 919. The van der Waals surface area contributed by atoms with Gasteiger partial charge in [0.05, 0.1) is 6.54 Å². The van der Waals surface area contributed by atoms with Crippen molar-refractivity contribution in [3.8, 4) is 5.75 Å². The fourth-order valence-electron chi connectivity index (χ4n) is 3.99. The number of hydrogen-bond acceptors (Lipinski definition) is 4. The number of imide groups is 1. The molecule has 0 unspecified atom stereocenters. The number of rotatable bonds is 5. The number of halogens is 1. The van der Waals surface area contributed by atoms with Gasteiger partial charge in [-0.15, -0.1) is 0 Å². The predicted molar refractivity (Wildman–Crippen MR) is 99.2 cm³/mol. The lowest BCUT2D eigenvalue weighted by Crippen LogP contribution is -2.47. The summed E-state index contributed by atoms with van der Waals surface area (Å²) >= 11 is 0. The molecule has 2 N–H and O–H groups in total. The molecular formula is C21H21FN2O4. The van der Waals surface area contributed by atoms with E-state index < -0.39 is 23.5 Å². The normalized spacial score (nSPS) is 22.1. The van der Waals surface area contributed by atoms with Crippen LogP contribution in [0.3, 0.4) is 0 Å². The number of carbonyl (C=O) groups is 2. The van der Waals surface area contributed by atoms with E-state index in [1.165, 1.54) is 18.2 Å². The molecule has 1 fully saturated rings. The maximum absolute atomic E-state index is 13.6. The summed E-state index contributed by atoms with van der Waals surface area (Å²) in [5.74, 6) is -0.895. The van der Waals surface area contributed by atoms with E-state index in [1.54, 1.807) is 6.07 Å². The summed E-state index contributed by atoms with van der Waals surface area (Å²) in [6.45, 7) is -0.454. The van der Waals surface area contributed by atoms with Gasteiger partial charge in [0.2, 0.25) is 0 Å². The van der Waals surface area contributed by atoms with Crippen molar-refractivity contribution in [3.05, 3.63) is 65.5 Å². The average molecular weight is 384 g/mol. The number of ether oxygens (including phenoxy) is 1. The van der Waals surface area contributed by atoms with E-state index >= 15 is 0 Å². The molecule has 1 aliphatic heterocycles. The van der Waals surface area contributed by atoms with E-state index in [1.807, 2.05) is 24.3 Å². The first-order valence-electron chi connectivity index (χ1n) is 9.29. The smallest absolute Gasteiger partial charge is 0.325 e. The van der Waals surface area contributed by atoms with E-state index in [2.05, 4.69) is 5.32 Å². The highest BCUT2D eigenvalue weighted by atomic mass is 19.1. The minimum atomic E-state index is -1.14. The zero-order valence-electron chi connectivity index (χ0n) is 15.2. The van der Waals surface area contributed by atoms with Gasteiger partial charge in [-0.05, 0) is 42.5 Å². The SMILES string of the molecule is O=C1N[C@]2(CCCc3ccccc32)C(=O)N1C[C@H](O)COc1ccccc1F. The topological polar surface area (TPSA) is 78.9 Å². The van der Waals surface area contributed by atoms with Crippen LogP contribution >= 0.6 is 0 Å². The van der Waals surface area contributed by atoms with Gasteiger partial charge >= 0.3 is 6.03 Å². The number of aliphatic hydroxyl groups is 1. The number of amides is 3. The number of aryl methyl sites for hydroxylation is 1. The summed E-state index contributed by atoms with van der Waals surface area (Å²) in [4.78, 5) is 26.7. The number of aliphatic hydroxyl groups excluding tert-OH is 1. The summed E-state index contributed by atoms with van der Waals surface area (Å²) in [6, 6.07) is 12.9. The maximum Gasteiger partial charge on any atom is 0.325 e. The number of carbonyl (C=O) groups excluding carboxylic acids is 2. The predicted octanol–water partition coefficient (Wildman–Crippen LogP) is 2.35. The number of nitrogens with one attached hydrogen (secondary N) is 1. The van der Waals surface area contributed by atoms with Crippen LogP contribution in [0.15, 0.2) is 48.5 Å². The number of hydrogen-bond donors (Lipinski definition) is 2. The van der Waals surface area contributed by atoms with Gasteiger partial charge in [-0.25, -0.2) is 9.18 Å². The second-order valence-corrected chi connectivity index (χ2v) is 7.16. The van der Waals surface area contributed by atoms with E-state index in [0.29, 0.717) is 6.42 Å². The van der Waals surface area contributed by atoms with Gasteiger partial charge in [-0.3, -0.25) is 9.69 Å². The quantitative estimate of drug-likeness (QED) is 0.776. The molecule has 1 heterocycles. The number of fused-ring (bicyclic) bond motifs is 2. The van der Waals surface area contributed by atoms with Crippen LogP contribution in [0.2, 0.25) is 0 Å². The van der Waals surface area contributed by atoms with Crippen LogP contribution in [0.4, 0.5) is 9.18 Å². The zero-order valence-corrected chi connectivity index (χ0v) is 15.2. The number of para-hydroxylation sites is 1. The molecule has 1 aliphatic carbocycles. The molecule has 2 aromatic carbocycles. The standard InChI is InChI=1S/C21H21FN2O4/c22-17-9-3-4-10-18(17)28-13-15(25)12-24-19(26)21(23-20(24)27)11-5-7-14-6-1-2-8-16(14)21/h1-4,6,8-10,15,25H,5,7,11-13H2,(H,23,27)/t15-,21-/m0/s1. The van der Waals surface area contributed by atoms with E-state index in [0.717, 1.165) is 28.9 Å². The highest BCUT2D eigenvalue weighted by Gasteiger charge is 2.54. The van der Waals surface area contributed by atoms with Crippen LogP contribution in [0, 0.1) is 5.82 Å². The zero-order chi connectivity index (χ0) is 19.7. The molecule has 1 saturated heterocycles. The van der Waals surface area contributed by atoms with E-state index in [9.17, 15) is 19.1 Å². The summed E-state index contributed by atoms with van der Waals surface area (Å²) < 4.78 is 18.9. The third-order valence-corrected chi connectivity index (χ3v) is 5.31. The number of benzene rings is 2. The van der Waals surface area contributed by atoms with Crippen molar-refractivity contribution in [3.63, 3.8) is 0 Å². The van der Waals surface area contributed by atoms with Gasteiger partial charge in [-0.2, -0.15) is 0 Å². The molecule has 146 valence electrons. The first-order chi connectivity index (χ1) is 13.5. The Kier molecular flexibility index (Phi) is 4.77.